The van der Waals surface area contributed by atoms with Crippen molar-refractivity contribution in [2.45, 2.75) is 32.4 Å². The summed E-state index contributed by atoms with van der Waals surface area (Å²) in [7, 11) is 3.45. The number of methoxy groups -OCH3 is 1. The lowest BCUT2D eigenvalue weighted by Gasteiger charge is -2.26. The van der Waals surface area contributed by atoms with Gasteiger partial charge in [0.25, 0.3) is 0 Å². The predicted molar refractivity (Wildman–Crippen MR) is 106 cm³/mol. The van der Waals surface area contributed by atoms with Gasteiger partial charge in [-0.1, -0.05) is 30.7 Å². The highest BCUT2D eigenvalue weighted by Gasteiger charge is 2.10. The van der Waals surface area contributed by atoms with Crippen molar-refractivity contribution in [2.24, 2.45) is 4.99 Å². The molecule has 1 aromatic rings. The highest BCUT2D eigenvalue weighted by atomic mass is 16.5. The minimum atomic E-state index is 0.619. The van der Waals surface area contributed by atoms with E-state index in [1.807, 2.05) is 0 Å². The third-order valence-corrected chi connectivity index (χ3v) is 4.53. The number of nitrogens with one attached hydrogen (secondary N) is 2. The number of aliphatic imine (C=N–C) groups is 1. The maximum absolute atomic E-state index is 5.43. The van der Waals surface area contributed by atoms with E-state index in [0.29, 0.717) is 19.8 Å². The monoisotopic (exact) mass is 362 g/mol. The maximum atomic E-state index is 5.43. The molecule has 1 fully saturated rings. The van der Waals surface area contributed by atoms with Crippen LogP contribution in [0.1, 0.15) is 30.4 Å². The van der Waals surface area contributed by atoms with Gasteiger partial charge in [0.05, 0.1) is 19.8 Å². The molecule has 1 saturated heterocycles. The second-order valence-electron chi connectivity index (χ2n) is 6.61. The fourth-order valence-electron chi connectivity index (χ4n) is 3.03. The third-order valence-electron chi connectivity index (χ3n) is 4.53. The zero-order valence-electron chi connectivity index (χ0n) is 16.3. The van der Waals surface area contributed by atoms with Gasteiger partial charge in [0.1, 0.15) is 0 Å². The first kappa shape index (κ1) is 20.7. The molecule has 2 rings (SSSR count). The van der Waals surface area contributed by atoms with Crippen LogP contribution < -0.4 is 10.6 Å². The molecular weight excluding hydrogens is 328 g/mol. The largest absolute Gasteiger partial charge is 0.382 e. The molecule has 0 atom stereocenters. The summed E-state index contributed by atoms with van der Waals surface area (Å²) in [6.45, 7) is 6.90. The Morgan fingerprint density at radius 3 is 2.42 bits per heavy atom. The molecule has 1 aliphatic rings. The Balaban J connectivity index is 1.65. The minimum Gasteiger partial charge on any atom is -0.382 e. The molecule has 0 radical (unpaired) electrons. The number of piperidine rings is 1. The molecule has 0 aliphatic carbocycles. The zero-order chi connectivity index (χ0) is 18.5. The molecule has 1 aliphatic heterocycles. The van der Waals surface area contributed by atoms with Gasteiger partial charge in [-0.2, -0.15) is 0 Å². The number of rotatable bonds is 10. The zero-order valence-corrected chi connectivity index (χ0v) is 16.3. The van der Waals surface area contributed by atoms with Crippen LogP contribution in [0.5, 0.6) is 0 Å². The molecule has 26 heavy (non-hydrogen) atoms. The van der Waals surface area contributed by atoms with Crippen LogP contribution in [0.2, 0.25) is 0 Å². The van der Waals surface area contributed by atoms with Gasteiger partial charge in [0.2, 0.25) is 0 Å². The van der Waals surface area contributed by atoms with E-state index in [2.05, 4.69) is 44.8 Å². The number of guanidine groups is 1. The summed E-state index contributed by atoms with van der Waals surface area (Å²) >= 11 is 0. The highest BCUT2D eigenvalue weighted by Crippen LogP contribution is 2.13. The van der Waals surface area contributed by atoms with Gasteiger partial charge in [0.15, 0.2) is 5.96 Å². The molecule has 0 spiro atoms. The summed E-state index contributed by atoms with van der Waals surface area (Å²) in [5, 5.41) is 6.59. The van der Waals surface area contributed by atoms with Crippen molar-refractivity contribution in [3.8, 4) is 0 Å². The number of hydrogen-bond donors (Lipinski definition) is 2. The van der Waals surface area contributed by atoms with Crippen LogP contribution in [0.15, 0.2) is 29.3 Å². The summed E-state index contributed by atoms with van der Waals surface area (Å²) in [4.78, 5) is 6.79. The average molecular weight is 363 g/mol. The Hall–Kier alpha value is -1.63. The molecule has 0 aromatic heterocycles. The van der Waals surface area contributed by atoms with E-state index >= 15 is 0 Å². The van der Waals surface area contributed by atoms with Crippen molar-refractivity contribution < 1.29 is 9.47 Å². The molecule has 0 amide bonds. The van der Waals surface area contributed by atoms with Gasteiger partial charge in [-0.15, -0.1) is 0 Å². The Labute approximate surface area is 158 Å². The Morgan fingerprint density at radius 2 is 1.73 bits per heavy atom. The molecule has 1 heterocycles. The normalized spacial score (nSPS) is 15.8. The molecule has 146 valence electrons. The first-order valence-corrected chi connectivity index (χ1v) is 9.63. The van der Waals surface area contributed by atoms with Gasteiger partial charge < -0.3 is 20.1 Å². The summed E-state index contributed by atoms with van der Waals surface area (Å²) < 4.78 is 10.4. The van der Waals surface area contributed by atoms with Crippen LogP contribution in [0.3, 0.4) is 0 Å². The SMILES string of the molecule is CN=C(NCCOCCOC)NCc1ccc(CN2CCCCC2)cc1. The van der Waals surface area contributed by atoms with Crippen LogP contribution in [0.25, 0.3) is 0 Å². The van der Waals surface area contributed by atoms with Gasteiger partial charge in [0, 0.05) is 33.8 Å². The smallest absolute Gasteiger partial charge is 0.191 e. The second-order valence-corrected chi connectivity index (χ2v) is 6.61. The molecule has 6 nitrogen and oxygen atoms in total. The Morgan fingerprint density at radius 1 is 1.00 bits per heavy atom. The number of likely N-dealkylation sites (tertiary alicyclic amines) is 1. The van der Waals surface area contributed by atoms with E-state index in [1.165, 1.54) is 43.5 Å². The molecule has 0 unspecified atom stereocenters. The number of ether oxygens (including phenoxy) is 2. The van der Waals surface area contributed by atoms with Crippen LogP contribution in [0.4, 0.5) is 0 Å². The number of benzene rings is 1. The molecule has 6 heteroatoms. The summed E-state index contributed by atoms with van der Waals surface area (Å²) in [5.41, 5.74) is 2.65. The number of nitrogens with zero attached hydrogens (tertiary/aromatic N) is 2. The molecule has 0 bridgehead atoms. The maximum Gasteiger partial charge on any atom is 0.191 e. The Kier molecular flexibility index (Phi) is 10.1. The van der Waals surface area contributed by atoms with Crippen molar-refractivity contribution in [1.29, 1.82) is 0 Å². The van der Waals surface area contributed by atoms with Crippen molar-refractivity contribution in [1.82, 2.24) is 15.5 Å². The van der Waals surface area contributed by atoms with Crippen molar-refractivity contribution in [2.75, 3.05) is 53.6 Å². The first-order chi connectivity index (χ1) is 12.8. The van der Waals surface area contributed by atoms with Gasteiger partial charge in [-0.3, -0.25) is 9.89 Å². The summed E-state index contributed by atoms with van der Waals surface area (Å²) in [6, 6.07) is 8.89. The summed E-state index contributed by atoms with van der Waals surface area (Å²) in [5.74, 6) is 0.790. The highest BCUT2D eigenvalue weighted by molar-refractivity contribution is 5.79. The van der Waals surface area contributed by atoms with Crippen LogP contribution in [-0.4, -0.2) is 64.5 Å². The quantitative estimate of drug-likeness (QED) is 0.379. The lowest BCUT2D eigenvalue weighted by molar-refractivity contribution is 0.0733. The topological polar surface area (TPSA) is 58.1 Å². The van der Waals surface area contributed by atoms with E-state index in [-0.39, 0.29) is 0 Å². The summed E-state index contributed by atoms with van der Waals surface area (Å²) in [6.07, 6.45) is 4.06. The fourth-order valence-corrected chi connectivity index (χ4v) is 3.03. The average Bonchev–Trinajstić information content (AvgIpc) is 2.69. The second kappa shape index (κ2) is 12.7. The van der Waals surface area contributed by atoms with E-state index < -0.39 is 0 Å². The van der Waals surface area contributed by atoms with Gasteiger partial charge in [-0.25, -0.2) is 0 Å². The lowest BCUT2D eigenvalue weighted by Crippen LogP contribution is -2.38. The third kappa shape index (κ3) is 8.17. The van der Waals surface area contributed by atoms with Crippen molar-refractivity contribution in [3.05, 3.63) is 35.4 Å². The predicted octanol–water partition coefficient (Wildman–Crippen LogP) is 2.00. The molecule has 0 saturated carbocycles. The van der Waals surface area contributed by atoms with Gasteiger partial charge >= 0.3 is 0 Å². The van der Waals surface area contributed by atoms with Crippen LogP contribution in [-0.2, 0) is 22.6 Å². The first-order valence-electron chi connectivity index (χ1n) is 9.63. The van der Waals surface area contributed by atoms with E-state index in [1.54, 1.807) is 14.2 Å². The van der Waals surface area contributed by atoms with Crippen molar-refractivity contribution in [3.63, 3.8) is 0 Å². The fraction of sp³-hybridized carbons (Fsp3) is 0.650. The molecule has 2 N–H and O–H groups in total. The van der Waals surface area contributed by atoms with Crippen LogP contribution in [0, 0.1) is 0 Å². The standard InChI is InChI=1S/C20H34N4O2/c1-21-20(22-10-13-26-15-14-25-2)23-16-18-6-8-19(9-7-18)17-24-11-4-3-5-12-24/h6-9H,3-5,10-17H2,1-2H3,(H2,21,22,23). The number of hydrogen-bond acceptors (Lipinski definition) is 4. The Bertz CT molecular complexity index is 513. The lowest BCUT2D eigenvalue weighted by atomic mass is 10.1. The van der Waals surface area contributed by atoms with E-state index in [4.69, 9.17) is 9.47 Å². The van der Waals surface area contributed by atoms with Gasteiger partial charge in [-0.05, 0) is 37.1 Å². The molecule has 1 aromatic carbocycles. The van der Waals surface area contributed by atoms with Crippen LogP contribution >= 0.6 is 0 Å². The van der Waals surface area contributed by atoms with E-state index in [9.17, 15) is 0 Å². The van der Waals surface area contributed by atoms with E-state index in [0.717, 1.165) is 25.6 Å². The molecular formula is C20H34N4O2. The van der Waals surface area contributed by atoms with Crippen molar-refractivity contribution >= 4 is 5.96 Å². The minimum absolute atomic E-state index is 0.619.